The lowest BCUT2D eigenvalue weighted by Crippen LogP contribution is -2.47. The number of carbonyl (C=O) groups is 2. The number of fused-ring (bicyclic) bond motifs is 1. The lowest BCUT2D eigenvalue weighted by Gasteiger charge is -2.15. The highest BCUT2D eigenvalue weighted by molar-refractivity contribution is 6.00. The Kier molecular flexibility index (Phi) is 4.37. The maximum atomic E-state index is 12.3. The summed E-state index contributed by atoms with van der Waals surface area (Å²) in [6, 6.07) is 11.7. The maximum absolute atomic E-state index is 12.3. The van der Waals surface area contributed by atoms with Crippen molar-refractivity contribution in [1.29, 1.82) is 0 Å². The summed E-state index contributed by atoms with van der Waals surface area (Å²) in [5, 5.41) is 8.14. The van der Waals surface area contributed by atoms with Crippen molar-refractivity contribution in [1.82, 2.24) is 5.32 Å². The first kappa shape index (κ1) is 15.9. The van der Waals surface area contributed by atoms with Gasteiger partial charge in [0.1, 0.15) is 18.4 Å². The van der Waals surface area contributed by atoms with Crippen LogP contribution in [-0.4, -0.2) is 24.6 Å². The van der Waals surface area contributed by atoms with Crippen LogP contribution < -0.4 is 20.7 Å². The molecule has 0 fully saturated rings. The number of anilines is 2. The molecule has 0 aliphatic carbocycles. The Morgan fingerprint density at radius 3 is 2.75 bits per heavy atom. The summed E-state index contributed by atoms with van der Waals surface area (Å²) in [6.45, 7) is 3.94. The van der Waals surface area contributed by atoms with E-state index in [2.05, 4.69) is 16.0 Å². The lowest BCUT2D eigenvalue weighted by molar-refractivity contribution is -0.118. The fourth-order valence-corrected chi connectivity index (χ4v) is 2.49. The highest BCUT2D eigenvalue weighted by atomic mass is 16.5. The number of hydrogen-bond acceptors (Lipinski definition) is 3. The van der Waals surface area contributed by atoms with Gasteiger partial charge in [0.2, 0.25) is 0 Å². The number of rotatable bonds is 2. The zero-order valence-corrected chi connectivity index (χ0v) is 13.6. The first-order valence-electron chi connectivity index (χ1n) is 7.70. The number of aryl methyl sites for hydroxylation is 2. The van der Waals surface area contributed by atoms with E-state index in [1.54, 1.807) is 12.1 Å². The van der Waals surface area contributed by atoms with Gasteiger partial charge in [0.05, 0.1) is 5.69 Å². The lowest BCUT2D eigenvalue weighted by atomic mass is 10.2. The van der Waals surface area contributed by atoms with Gasteiger partial charge in [0.25, 0.3) is 5.91 Å². The monoisotopic (exact) mass is 325 g/mol. The average Bonchev–Trinajstić information content (AvgIpc) is 2.66. The molecule has 2 aromatic rings. The zero-order chi connectivity index (χ0) is 17.1. The van der Waals surface area contributed by atoms with Crippen molar-refractivity contribution in [2.24, 2.45) is 0 Å². The summed E-state index contributed by atoms with van der Waals surface area (Å²) in [4.78, 5) is 24.4. The molecule has 0 spiro atoms. The summed E-state index contributed by atoms with van der Waals surface area (Å²) in [5.41, 5.74) is 3.33. The van der Waals surface area contributed by atoms with Crippen LogP contribution in [0.5, 0.6) is 5.75 Å². The van der Waals surface area contributed by atoms with E-state index in [0.717, 1.165) is 11.1 Å². The Morgan fingerprint density at radius 1 is 1.17 bits per heavy atom. The van der Waals surface area contributed by atoms with Crippen LogP contribution >= 0.6 is 0 Å². The van der Waals surface area contributed by atoms with Gasteiger partial charge in [-0.15, -0.1) is 0 Å². The minimum atomic E-state index is -0.775. The van der Waals surface area contributed by atoms with Crippen LogP contribution in [0.4, 0.5) is 16.2 Å². The van der Waals surface area contributed by atoms with E-state index in [-0.39, 0.29) is 12.5 Å². The zero-order valence-electron chi connectivity index (χ0n) is 13.6. The van der Waals surface area contributed by atoms with E-state index >= 15 is 0 Å². The minimum Gasteiger partial charge on any atom is -0.489 e. The van der Waals surface area contributed by atoms with Gasteiger partial charge in [-0.3, -0.25) is 4.79 Å². The van der Waals surface area contributed by atoms with Crippen LogP contribution in [-0.2, 0) is 4.79 Å². The predicted octanol–water partition coefficient (Wildman–Crippen LogP) is 2.82. The molecule has 6 heteroatoms. The van der Waals surface area contributed by atoms with E-state index in [1.807, 2.05) is 44.2 Å². The molecule has 0 bridgehead atoms. The highest BCUT2D eigenvalue weighted by Crippen LogP contribution is 2.27. The second-order valence-corrected chi connectivity index (χ2v) is 5.82. The van der Waals surface area contributed by atoms with Crippen molar-refractivity contribution in [3.8, 4) is 5.75 Å². The largest absolute Gasteiger partial charge is 0.489 e. The van der Waals surface area contributed by atoms with E-state index in [0.29, 0.717) is 17.1 Å². The third kappa shape index (κ3) is 3.65. The molecule has 1 atom stereocenters. The third-order valence-electron chi connectivity index (χ3n) is 3.70. The molecule has 6 nitrogen and oxygen atoms in total. The number of benzene rings is 2. The molecule has 0 saturated carbocycles. The SMILES string of the molecule is Cc1cccc(NC(=O)N[C@@H]2COc3ccc(C)cc3NC2=O)c1. The third-order valence-corrected chi connectivity index (χ3v) is 3.70. The second kappa shape index (κ2) is 6.62. The van der Waals surface area contributed by atoms with Crippen molar-refractivity contribution in [3.05, 3.63) is 53.6 Å². The summed E-state index contributed by atoms with van der Waals surface area (Å²) < 4.78 is 5.63. The number of nitrogens with one attached hydrogen (secondary N) is 3. The van der Waals surface area contributed by atoms with Crippen LogP contribution in [0, 0.1) is 13.8 Å². The van der Waals surface area contributed by atoms with Crippen molar-refractivity contribution >= 4 is 23.3 Å². The Hall–Kier alpha value is -3.02. The number of amides is 3. The van der Waals surface area contributed by atoms with E-state index in [9.17, 15) is 9.59 Å². The molecular weight excluding hydrogens is 306 g/mol. The number of hydrogen-bond donors (Lipinski definition) is 3. The molecule has 0 unspecified atom stereocenters. The van der Waals surface area contributed by atoms with Crippen LogP contribution in [0.3, 0.4) is 0 Å². The van der Waals surface area contributed by atoms with Crippen LogP contribution in [0.15, 0.2) is 42.5 Å². The first-order chi connectivity index (χ1) is 11.5. The molecule has 0 saturated heterocycles. The standard InChI is InChI=1S/C18H19N3O3/c1-11-4-3-5-13(8-11)19-18(23)21-15-10-24-16-7-6-12(2)9-14(16)20-17(15)22/h3-9,15H,10H2,1-2H3,(H,20,22)(H2,19,21,23)/t15-/m1/s1. The Balaban J connectivity index is 1.65. The number of urea groups is 1. The van der Waals surface area contributed by atoms with E-state index in [1.165, 1.54) is 0 Å². The fourth-order valence-electron chi connectivity index (χ4n) is 2.49. The van der Waals surface area contributed by atoms with Crippen molar-refractivity contribution in [3.63, 3.8) is 0 Å². The van der Waals surface area contributed by atoms with Gasteiger partial charge in [-0.25, -0.2) is 4.79 Å². The average molecular weight is 325 g/mol. The van der Waals surface area contributed by atoms with Crippen LogP contribution in [0.1, 0.15) is 11.1 Å². The van der Waals surface area contributed by atoms with Gasteiger partial charge in [-0.1, -0.05) is 18.2 Å². The van der Waals surface area contributed by atoms with Crippen LogP contribution in [0.2, 0.25) is 0 Å². The molecule has 0 aromatic heterocycles. The normalized spacial score (nSPS) is 16.2. The van der Waals surface area contributed by atoms with Gasteiger partial charge < -0.3 is 20.7 Å². The number of carbonyl (C=O) groups excluding carboxylic acids is 2. The topological polar surface area (TPSA) is 79.5 Å². The smallest absolute Gasteiger partial charge is 0.320 e. The van der Waals surface area contributed by atoms with E-state index in [4.69, 9.17) is 4.74 Å². The minimum absolute atomic E-state index is 0.0726. The molecule has 3 rings (SSSR count). The fraction of sp³-hybridized carbons (Fsp3) is 0.222. The quantitative estimate of drug-likeness (QED) is 0.794. The van der Waals surface area contributed by atoms with Gasteiger partial charge >= 0.3 is 6.03 Å². The van der Waals surface area contributed by atoms with Gasteiger partial charge in [0.15, 0.2) is 0 Å². The molecule has 1 aliphatic heterocycles. The second-order valence-electron chi connectivity index (χ2n) is 5.82. The first-order valence-corrected chi connectivity index (χ1v) is 7.70. The molecule has 24 heavy (non-hydrogen) atoms. The molecule has 2 aromatic carbocycles. The summed E-state index contributed by atoms with van der Waals surface area (Å²) in [6.07, 6.45) is 0. The summed E-state index contributed by atoms with van der Waals surface area (Å²) in [7, 11) is 0. The maximum Gasteiger partial charge on any atom is 0.320 e. The molecule has 0 radical (unpaired) electrons. The molecule has 124 valence electrons. The number of ether oxygens (including phenoxy) is 1. The highest BCUT2D eigenvalue weighted by Gasteiger charge is 2.26. The summed E-state index contributed by atoms with van der Waals surface area (Å²) >= 11 is 0. The van der Waals surface area contributed by atoms with Gasteiger partial charge in [-0.05, 0) is 49.2 Å². The molecule has 1 aliphatic rings. The molecule has 3 amide bonds. The van der Waals surface area contributed by atoms with E-state index < -0.39 is 12.1 Å². The van der Waals surface area contributed by atoms with Crippen molar-refractivity contribution in [2.45, 2.75) is 19.9 Å². The Bertz CT molecular complexity index is 789. The van der Waals surface area contributed by atoms with Crippen molar-refractivity contribution < 1.29 is 14.3 Å². The molecule has 3 N–H and O–H groups in total. The summed E-state index contributed by atoms with van der Waals surface area (Å²) in [5.74, 6) is 0.288. The van der Waals surface area contributed by atoms with Crippen molar-refractivity contribution in [2.75, 3.05) is 17.2 Å². The Morgan fingerprint density at radius 2 is 1.96 bits per heavy atom. The molecule has 1 heterocycles. The Labute approximate surface area is 140 Å². The molecular formula is C18H19N3O3. The van der Waals surface area contributed by atoms with Crippen LogP contribution in [0.25, 0.3) is 0 Å². The van der Waals surface area contributed by atoms with Gasteiger partial charge in [0, 0.05) is 5.69 Å². The van der Waals surface area contributed by atoms with Gasteiger partial charge in [-0.2, -0.15) is 0 Å². The predicted molar refractivity (Wildman–Crippen MR) is 92.4 cm³/mol.